The maximum atomic E-state index is 10.5. The van der Waals surface area contributed by atoms with Gasteiger partial charge in [-0.1, -0.05) is 0 Å². The second kappa shape index (κ2) is 4.36. The molecule has 0 aliphatic heterocycles. The van der Waals surface area contributed by atoms with Crippen LogP contribution in [0.2, 0.25) is 0 Å². The monoisotopic (exact) mass is 239 g/mol. The summed E-state index contributed by atoms with van der Waals surface area (Å²) in [6, 6.07) is 3.94. The highest BCUT2D eigenvalue weighted by Gasteiger charge is 2.11. The van der Waals surface area contributed by atoms with Crippen molar-refractivity contribution in [2.75, 3.05) is 0 Å². The first-order valence-corrected chi connectivity index (χ1v) is 4.57. The molecule has 6 nitrogen and oxygen atoms in total. The van der Waals surface area contributed by atoms with Gasteiger partial charge in [0.25, 0.3) is 15.8 Å². The van der Waals surface area contributed by atoms with E-state index in [4.69, 9.17) is 4.55 Å². The molecule has 0 bridgehead atoms. The minimum atomic E-state index is -4.27. The highest BCUT2D eigenvalue weighted by Crippen LogP contribution is 2.14. The Labute approximate surface area is 85.9 Å². The third-order valence-corrected chi connectivity index (χ3v) is 2.21. The van der Waals surface area contributed by atoms with E-state index < -0.39 is 15.0 Å². The van der Waals surface area contributed by atoms with E-state index in [1.54, 1.807) is 0 Å². The molecular weight excluding hydrogens is 234 g/mol. The maximum Gasteiger partial charge on any atom is 0.294 e. The fourth-order valence-electron chi connectivity index (χ4n) is 0.740. The summed E-state index contributed by atoms with van der Waals surface area (Å²) in [5.74, 6) is 0. The Kier molecular flexibility index (Phi) is 3.99. The number of non-ortho nitro benzene ring substituents is 1. The van der Waals surface area contributed by atoms with Gasteiger partial charge in [-0.15, -0.1) is 12.4 Å². The quantitative estimate of drug-likeness (QED) is 0.476. The van der Waals surface area contributed by atoms with Gasteiger partial charge in [-0.2, -0.15) is 8.42 Å². The second-order valence-corrected chi connectivity index (χ2v) is 3.65. The molecule has 1 aromatic rings. The van der Waals surface area contributed by atoms with Gasteiger partial charge in [0.15, 0.2) is 0 Å². The van der Waals surface area contributed by atoms with Crippen LogP contribution in [0.3, 0.4) is 0 Å². The molecular formula is C6H6ClNO5S. The zero-order valence-corrected chi connectivity index (χ0v) is 8.29. The summed E-state index contributed by atoms with van der Waals surface area (Å²) in [7, 11) is -4.27. The van der Waals surface area contributed by atoms with Crippen molar-refractivity contribution < 1.29 is 17.9 Å². The molecule has 0 aliphatic carbocycles. The fourth-order valence-corrected chi connectivity index (χ4v) is 1.22. The SMILES string of the molecule is Cl.O=[N+]([O-])c1ccc(S(=O)(=O)O)cc1. The van der Waals surface area contributed by atoms with E-state index >= 15 is 0 Å². The van der Waals surface area contributed by atoms with Gasteiger partial charge in [-0.25, -0.2) is 0 Å². The van der Waals surface area contributed by atoms with Crippen LogP contribution in [-0.2, 0) is 10.1 Å². The van der Waals surface area contributed by atoms with Gasteiger partial charge in [-0.05, 0) is 12.1 Å². The number of nitro groups is 1. The molecule has 0 heterocycles. The first-order valence-electron chi connectivity index (χ1n) is 3.13. The average molecular weight is 240 g/mol. The lowest BCUT2D eigenvalue weighted by Crippen LogP contribution is -1.97. The van der Waals surface area contributed by atoms with Gasteiger partial charge in [0, 0.05) is 12.1 Å². The predicted octanol–water partition coefficient (Wildman–Crippen LogP) is 1.26. The van der Waals surface area contributed by atoms with E-state index in [9.17, 15) is 18.5 Å². The van der Waals surface area contributed by atoms with E-state index in [1.807, 2.05) is 0 Å². The van der Waals surface area contributed by atoms with Crippen LogP contribution in [0.4, 0.5) is 5.69 Å². The van der Waals surface area contributed by atoms with Crippen LogP contribution in [-0.4, -0.2) is 17.9 Å². The van der Waals surface area contributed by atoms with Crippen molar-refractivity contribution in [2.24, 2.45) is 0 Å². The number of rotatable bonds is 2. The number of nitro benzene ring substituents is 1. The van der Waals surface area contributed by atoms with Crippen LogP contribution in [0.25, 0.3) is 0 Å². The molecule has 0 unspecified atom stereocenters. The molecule has 1 N–H and O–H groups in total. The normalized spacial score (nSPS) is 10.4. The van der Waals surface area contributed by atoms with Crippen molar-refractivity contribution in [3.63, 3.8) is 0 Å². The molecule has 0 spiro atoms. The molecule has 0 atom stereocenters. The lowest BCUT2D eigenvalue weighted by atomic mass is 10.3. The average Bonchev–Trinajstić information content (AvgIpc) is 2.03. The Balaban J connectivity index is 0.00000169. The second-order valence-electron chi connectivity index (χ2n) is 2.23. The Bertz CT molecular complexity index is 426. The van der Waals surface area contributed by atoms with Crippen molar-refractivity contribution in [3.8, 4) is 0 Å². The van der Waals surface area contributed by atoms with Gasteiger partial charge in [-0.3, -0.25) is 14.7 Å². The molecule has 8 heteroatoms. The summed E-state index contributed by atoms with van der Waals surface area (Å²) in [5.41, 5.74) is -0.229. The molecule has 0 amide bonds. The topological polar surface area (TPSA) is 97.5 Å². The standard InChI is InChI=1S/C6H5NO5S.ClH/c8-7(9)5-1-3-6(4-2-5)13(10,11)12;/h1-4H,(H,10,11,12);1H. The van der Waals surface area contributed by atoms with Gasteiger partial charge in [0.05, 0.1) is 9.82 Å². The smallest absolute Gasteiger partial charge is 0.282 e. The molecule has 0 aromatic heterocycles. The summed E-state index contributed by atoms with van der Waals surface area (Å²) < 4.78 is 29.5. The minimum absolute atomic E-state index is 0. The van der Waals surface area contributed by atoms with Crippen molar-refractivity contribution in [3.05, 3.63) is 34.4 Å². The maximum absolute atomic E-state index is 10.5. The summed E-state index contributed by atoms with van der Waals surface area (Å²) in [5, 5.41) is 10.2. The Morgan fingerprint density at radius 3 is 1.93 bits per heavy atom. The predicted molar refractivity (Wildman–Crippen MR) is 50.2 cm³/mol. The minimum Gasteiger partial charge on any atom is -0.282 e. The molecule has 0 aliphatic rings. The van der Waals surface area contributed by atoms with E-state index in [0.717, 1.165) is 24.3 Å². The molecule has 1 aromatic carbocycles. The van der Waals surface area contributed by atoms with Crippen LogP contribution in [0.1, 0.15) is 0 Å². The Morgan fingerprint density at radius 2 is 1.64 bits per heavy atom. The molecule has 78 valence electrons. The van der Waals surface area contributed by atoms with Crippen molar-refractivity contribution in [1.29, 1.82) is 0 Å². The van der Waals surface area contributed by atoms with Crippen molar-refractivity contribution in [1.82, 2.24) is 0 Å². The molecule has 0 fully saturated rings. The largest absolute Gasteiger partial charge is 0.294 e. The molecule has 0 saturated heterocycles. The van der Waals surface area contributed by atoms with E-state index in [-0.39, 0.29) is 23.0 Å². The summed E-state index contributed by atoms with van der Waals surface area (Å²) in [6.07, 6.45) is 0. The number of halogens is 1. The third-order valence-electron chi connectivity index (χ3n) is 1.35. The highest BCUT2D eigenvalue weighted by atomic mass is 35.5. The summed E-state index contributed by atoms with van der Waals surface area (Å²) >= 11 is 0. The molecule has 14 heavy (non-hydrogen) atoms. The Hall–Kier alpha value is -1.18. The summed E-state index contributed by atoms with van der Waals surface area (Å²) in [6.45, 7) is 0. The number of benzene rings is 1. The van der Waals surface area contributed by atoms with Crippen molar-refractivity contribution in [2.45, 2.75) is 4.90 Å². The van der Waals surface area contributed by atoms with E-state index in [2.05, 4.69) is 0 Å². The van der Waals surface area contributed by atoms with Crippen LogP contribution < -0.4 is 0 Å². The van der Waals surface area contributed by atoms with Gasteiger partial charge < -0.3 is 0 Å². The van der Waals surface area contributed by atoms with Crippen LogP contribution >= 0.6 is 12.4 Å². The van der Waals surface area contributed by atoms with E-state index in [1.165, 1.54) is 0 Å². The first kappa shape index (κ1) is 12.8. The highest BCUT2D eigenvalue weighted by molar-refractivity contribution is 7.85. The van der Waals surface area contributed by atoms with Crippen LogP contribution in [0.5, 0.6) is 0 Å². The zero-order chi connectivity index (χ0) is 10.1. The van der Waals surface area contributed by atoms with Crippen molar-refractivity contribution >= 4 is 28.2 Å². The number of hydrogen-bond acceptors (Lipinski definition) is 4. The molecule has 1 rings (SSSR count). The lowest BCUT2D eigenvalue weighted by Gasteiger charge is -1.94. The van der Waals surface area contributed by atoms with Crippen LogP contribution in [0.15, 0.2) is 29.2 Å². The third kappa shape index (κ3) is 2.95. The van der Waals surface area contributed by atoms with Crippen LogP contribution in [0, 0.1) is 10.1 Å². The fraction of sp³-hybridized carbons (Fsp3) is 0. The van der Waals surface area contributed by atoms with Gasteiger partial charge in [0.2, 0.25) is 0 Å². The van der Waals surface area contributed by atoms with Gasteiger partial charge in [0.1, 0.15) is 0 Å². The number of hydrogen-bond donors (Lipinski definition) is 1. The molecule has 0 saturated carbocycles. The van der Waals surface area contributed by atoms with E-state index in [0.29, 0.717) is 0 Å². The zero-order valence-electron chi connectivity index (χ0n) is 6.65. The first-order chi connectivity index (χ1) is 5.91. The lowest BCUT2D eigenvalue weighted by molar-refractivity contribution is -0.384. The molecule has 0 radical (unpaired) electrons. The Morgan fingerprint density at radius 1 is 1.21 bits per heavy atom. The summed E-state index contributed by atoms with van der Waals surface area (Å²) in [4.78, 5) is 9.13. The van der Waals surface area contributed by atoms with Gasteiger partial charge >= 0.3 is 0 Å². The number of nitrogens with zero attached hydrogens (tertiary/aromatic N) is 1.